The Morgan fingerprint density at radius 1 is 1.10 bits per heavy atom. The van der Waals surface area contributed by atoms with Gasteiger partial charge in [-0.05, 0) is 32.0 Å². The van der Waals surface area contributed by atoms with Crippen LogP contribution in [-0.4, -0.2) is 12.9 Å². The van der Waals surface area contributed by atoms with E-state index in [2.05, 4.69) is 0 Å². The molecule has 0 fully saturated rings. The molecule has 0 aliphatic rings. The average molecular weight is 272 g/mol. The third kappa shape index (κ3) is 3.05. The van der Waals surface area contributed by atoms with E-state index in [4.69, 9.17) is 4.74 Å². The quantitative estimate of drug-likeness (QED) is 0.790. The van der Waals surface area contributed by atoms with Crippen LogP contribution in [0.3, 0.4) is 0 Å². The van der Waals surface area contributed by atoms with Gasteiger partial charge in [0, 0.05) is 12.0 Å². The van der Waals surface area contributed by atoms with Crippen molar-refractivity contribution < 1.29 is 13.9 Å². The second-order valence-corrected chi connectivity index (χ2v) is 4.90. The number of methoxy groups -OCH3 is 1. The highest BCUT2D eigenvalue weighted by Crippen LogP contribution is 2.22. The van der Waals surface area contributed by atoms with Crippen LogP contribution < -0.4 is 4.74 Å². The van der Waals surface area contributed by atoms with Crippen LogP contribution in [0.5, 0.6) is 5.75 Å². The van der Waals surface area contributed by atoms with Crippen molar-refractivity contribution in [2.24, 2.45) is 0 Å². The lowest BCUT2D eigenvalue weighted by Crippen LogP contribution is -2.08. The highest BCUT2D eigenvalue weighted by molar-refractivity contribution is 5.98. The summed E-state index contributed by atoms with van der Waals surface area (Å²) < 4.78 is 19.0. The Bertz CT molecular complexity index is 647. The van der Waals surface area contributed by atoms with Crippen molar-refractivity contribution in [2.75, 3.05) is 7.11 Å². The number of halogens is 1. The number of benzene rings is 2. The predicted octanol–water partition coefficient (Wildman–Crippen LogP) is 3.88. The fourth-order valence-electron chi connectivity index (χ4n) is 2.17. The molecule has 0 bridgehead atoms. The molecule has 2 aromatic carbocycles. The Balaban J connectivity index is 2.32. The van der Waals surface area contributed by atoms with Crippen LogP contribution in [0.15, 0.2) is 36.4 Å². The van der Waals surface area contributed by atoms with Crippen molar-refractivity contribution in [2.45, 2.75) is 20.3 Å². The van der Waals surface area contributed by atoms with E-state index in [-0.39, 0.29) is 17.8 Å². The van der Waals surface area contributed by atoms with Crippen molar-refractivity contribution in [1.82, 2.24) is 0 Å². The predicted molar refractivity (Wildman–Crippen MR) is 76.9 cm³/mol. The summed E-state index contributed by atoms with van der Waals surface area (Å²) in [6, 6.07) is 10.2. The molecule has 2 rings (SSSR count). The number of hydrogen-bond acceptors (Lipinski definition) is 2. The lowest BCUT2D eigenvalue weighted by atomic mass is 9.99. The standard InChI is InChI=1S/C17H17FO2/c1-11-5-7-17(20-3)13(8-11)10-16(19)14-9-12(2)4-6-15(14)18/h4-9H,10H2,1-3H3. The van der Waals surface area contributed by atoms with Gasteiger partial charge in [0.1, 0.15) is 11.6 Å². The van der Waals surface area contributed by atoms with E-state index in [1.165, 1.54) is 6.07 Å². The number of Topliss-reactive ketones (excluding diaryl/α,β-unsaturated/α-hetero) is 1. The van der Waals surface area contributed by atoms with Gasteiger partial charge in [-0.15, -0.1) is 0 Å². The summed E-state index contributed by atoms with van der Waals surface area (Å²) in [5.74, 6) is -0.0701. The lowest BCUT2D eigenvalue weighted by Gasteiger charge is -2.09. The maximum atomic E-state index is 13.7. The second-order valence-electron chi connectivity index (χ2n) is 4.90. The van der Waals surface area contributed by atoms with Gasteiger partial charge in [-0.25, -0.2) is 4.39 Å². The zero-order chi connectivity index (χ0) is 14.7. The van der Waals surface area contributed by atoms with Crippen molar-refractivity contribution in [3.05, 3.63) is 64.5 Å². The van der Waals surface area contributed by atoms with Crippen LogP contribution in [0.2, 0.25) is 0 Å². The van der Waals surface area contributed by atoms with Gasteiger partial charge in [0.25, 0.3) is 0 Å². The maximum absolute atomic E-state index is 13.7. The molecule has 0 heterocycles. The topological polar surface area (TPSA) is 26.3 Å². The molecule has 20 heavy (non-hydrogen) atoms. The molecular weight excluding hydrogens is 255 g/mol. The molecule has 0 radical (unpaired) electrons. The number of ketones is 1. The molecule has 3 heteroatoms. The number of hydrogen-bond donors (Lipinski definition) is 0. The van der Waals surface area contributed by atoms with Crippen LogP contribution in [0.4, 0.5) is 4.39 Å². The molecule has 0 aliphatic carbocycles. The van der Waals surface area contributed by atoms with Gasteiger partial charge < -0.3 is 4.74 Å². The van der Waals surface area contributed by atoms with Gasteiger partial charge in [0.15, 0.2) is 5.78 Å². The Morgan fingerprint density at radius 3 is 2.45 bits per heavy atom. The van der Waals surface area contributed by atoms with Gasteiger partial charge >= 0.3 is 0 Å². The Kier molecular flexibility index (Phi) is 4.18. The van der Waals surface area contributed by atoms with Gasteiger partial charge in [-0.3, -0.25) is 4.79 Å². The summed E-state index contributed by atoms with van der Waals surface area (Å²) in [5, 5.41) is 0. The van der Waals surface area contributed by atoms with Gasteiger partial charge in [-0.1, -0.05) is 29.3 Å². The molecule has 0 N–H and O–H groups in total. The minimum Gasteiger partial charge on any atom is -0.496 e. The minimum absolute atomic E-state index is 0.130. The lowest BCUT2D eigenvalue weighted by molar-refractivity contribution is 0.0988. The molecule has 0 spiro atoms. The fourth-order valence-corrected chi connectivity index (χ4v) is 2.17. The molecule has 0 aromatic heterocycles. The molecule has 0 saturated carbocycles. The Labute approximate surface area is 118 Å². The number of carbonyl (C=O) groups is 1. The molecule has 0 amide bonds. The van der Waals surface area contributed by atoms with E-state index in [1.807, 2.05) is 32.0 Å². The Morgan fingerprint density at radius 2 is 1.75 bits per heavy atom. The zero-order valence-electron chi connectivity index (χ0n) is 11.9. The van der Waals surface area contributed by atoms with Crippen LogP contribution >= 0.6 is 0 Å². The van der Waals surface area contributed by atoms with Crippen LogP contribution in [-0.2, 0) is 6.42 Å². The fraction of sp³-hybridized carbons (Fsp3) is 0.235. The largest absolute Gasteiger partial charge is 0.496 e. The average Bonchev–Trinajstić information content (AvgIpc) is 2.41. The first-order chi connectivity index (χ1) is 9.51. The minimum atomic E-state index is -0.479. The van der Waals surface area contributed by atoms with Gasteiger partial charge in [-0.2, -0.15) is 0 Å². The van der Waals surface area contributed by atoms with Gasteiger partial charge in [0.05, 0.1) is 12.7 Å². The van der Waals surface area contributed by atoms with Gasteiger partial charge in [0.2, 0.25) is 0 Å². The van der Waals surface area contributed by atoms with Crippen molar-refractivity contribution in [3.8, 4) is 5.75 Å². The summed E-state index contributed by atoms with van der Waals surface area (Å²) in [6.07, 6.45) is 0.130. The smallest absolute Gasteiger partial charge is 0.170 e. The monoisotopic (exact) mass is 272 g/mol. The van der Waals surface area contributed by atoms with Crippen LogP contribution in [0.25, 0.3) is 0 Å². The second kappa shape index (κ2) is 5.87. The number of ether oxygens (including phenoxy) is 1. The first-order valence-corrected chi connectivity index (χ1v) is 6.44. The van der Waals surface area contributed by atoms with E-state index in [0.717, 1.165) is 16.7 Å². The summed E-state index contributed by atoms with van der Waals surface area (Å²) in [6.45, 7) is 3.78. The number of rotatable bonds is 4. The van der Waals surface area contributed by atoms with Crippen LogP contribution in [0.1, 0.15) is 27.0 Å². The number of aryl methyl sites for hydroxylation is 2. The van der Waals surface area contributed by atoms with Crippen LogP contribution in [0, 0.1) is 19.7 Å². The van der Waals surface area contributed by atoms with Crippen molar-refractivity contribution in [3.63, 3.8) is 0 Å². The highest BCUT2D eigenvalue weighted by Gasteiger charge is 2.15. The molecular formula is C17H17FO2. The molecule has 0 unspecified atom stereocenters. The summed E-state index contributed by atoms with van der Waals surface area (Å²) in [7, 11) is 1.56. The van der Waals surface area contributed by atoms with E-state index >= 15 is 0 Å². The molecule has 2 nitrogen and oxygen atoms in total. The zero-order valence-corrected chi connectivity index (χ0v) is 11.9. The summed E-state index contributed by atoms with van der Waals surface area (Å²) >= 11 is 0. The Hall–Kier alpha value is -2.16. The first-order valence-electron chi connectivity index (χ1n) is 6.44. The molecule has 0 atom stereocenters. The highest BCUT2D eigenvalue weighted by atomic mass is 19.1. The SMILES string of the molecule is COc1ccc(C)cc1CC(=O)c1cc(C)ccc1F. The molecule has 0 saturated heterocycles. The van der Waals surface area contributed by atoms with Crippen molar-refractivity contribution >= 4 is 5.78 Å². The van der Waals surface area contributed by atoms with E-state index in [0.29, 0.717) is 5.75 Å². The maximum Gasteiger partial charge on any atom is 0.170 e. The molecule has 104 valence electrons. The van der Waals surface area contributed by atoms with E-state index in [9.17, 15) is 9.18 Å². The molecule has 0 aliphatic heterocycles. The van der Waals surface area contributed by atoms with E-state index in [1.54, 1.807) is 19.2 Å². The van der Waals surface area contributed by atoms with Crippen molar-refractivity contribution in [1.29, 1.82) is 0 Å². The number of carbonyl (C=O) groups excluding carboxylic acids is 1. The first kappa shape index (κ1) is 14.3. The normalized spacial score (nSPS) is 10.4. The van der Waals surface area contributed by atoms with E-state index < -0.39 is 5.82 Å². The third-order valence-electron chi connectivity index (χ3n) is 3.21. The summed E-state index contributed by atoms with van der Waals surface area (Å²) in [4.78, 5) is 12.3. The third-order valence-corrected chi connectivity index (χ3v) is 3.21. The summed E-state index contributed by atoms with van der Waals surface area (Å²) in [5.41, 5.74) is 2.82. The molecule has 2 aromatic rings.